The number of amides is 2. The second kappa shape index (κ2) is 17.6. The zero-order valence-electron chi connectivity index (χ0n) is 22.0. The van der Waals surface area contributed by atoms with Gasteiger partial charge in [-0.3, -0.25) is 15.0 Å². The molecule has 0 aliphatic rings. The summed E-state index contributed by atoms with van der Waals surface area (Å²) in [6.07, 6.45) is 3.27. The van der Waals surface area contributed by atoms with Gasteiger partial charge in [-0.15, -0.1) is 6.58 Å². The van der Waals surface area contributed by atoms with Crippen molar-refractivity contribution in [2.24, 2.45) is 5.73 Å². The van der Waals surface area contributed by atoms with E-state index in [1.807, 2.05) is 19.0 Å². The van der Waals surface area contributed by atoms with Gasteiger partial charge in [0, 0.05) is 74.8 Å². The SMILES string of the molecule is C=CCN(CC(=O)NCCN(C)C)C(=O)/C(C)=C/c1ccc(C(=O)Oc2ccc(C(=N)N)cc2)cc1.O.[Ac]. The zero-order chi connectivity index (χ0) is 26.7. The summed E-state index contributed by atoms with van der Waals surface area (Å²) < 4.78 is 5.35. The van der Waals surface area contributed by atoms with E-state index in [9.17, 15) is 14.4 Å². The number of esters is 1. The van der Waals surface area contributed by atoms with Gasteiger partial charge in [0.1, 0.15) is 18.1 Å². The topological polar surface area (TPSA) is 160 Å². The predicted octanol–water partition coefficient (Wildman–Crippen LogP) is 1.46. The number of hydrogen-bond donors (Lipinski definition) is 3. The summed E-state index contributed by atoms with van der Waals surface area (Å²) in [4.78, 5) is 41.0. The van der Waals surface area contributed by atoms with Crippen LogP contribution in [0.5, 0.6) is 5.75 Å². The largest absolute Gasteiger partial charge is 0.423 e. The van der Waals surface area contributed by atoms with Crippen molar-refractivity contribution in [3.05, 3.63) is 83.4 Å². The van der Waals surface area contributed by atoms with Gasteiger partial charge in [-0.1, -0.05) is 18.2 Å². The molecule has 0 aliphatic carbocycles. The van der Waals surface area contributed by atoms with Crippen molar-refractivity contribution in [1.29, 1.82) is 5.41 Å². The summed E-state index contributed by atoms with van der Waals surface area (Å²) in [6.45, 7) is 6.72. The zero-order valence-corrected chi connectivity index (χ0v) is 26.7. The Hall–Kier alpha value is -2.84. The molecule has 0 aliphatic heterocycles. The molecule has 0 unspecified atom stereocenters. The summed E-state index contributed by atoms with van der Waals surface area (Å²) in [5.41, 5.74) is 7.47. The maximum Gasteiger partial charge on any atom is 0.343 e. The van der Waals surface area contributed by atoms with Crippen molar-refractivity contribution in [1.82, 2.24) is 15.1 Å². The summed E-state index contributed by atoms with van der Waals surface area (Å²) in [5.74, 6) is -0.787. The summed E-state index contributed by atoms with van der Waals surface area (Å²) in [6, 6.07) is 13.0. The van der Waals surface area contributed by atoms with Crippen LogP contribution in [-0.4, -0.2) is 79.2 Å². The van der Waals surface area contributed by atoms with E-state index in [0.29, 0.717) is 35.5 Å². The Morgan fingerprint density at radius 3 is 2.16 bits per heavy atom. The fourth-order valence-corrected chi connectivity index (χ4v) is 3.17. The number of nitrogens with one attached hydrogen (secondary N) is 2. The summed E-state index contributed by atoms with van der Waals surface area (Å²) in [7, 11) is 3.83. The molecule has 201 valence electrons. The summed E-state index contributed by atoms with van der Waals surface area (Å²) in [5, 5.41) is 10.2. The standard InChI is InChI=1S/C27H33N5O4.Ac.H2O/c1-5-15-32(18-24(33)30-14-16-31(3)4)26(34)19(2)17-20-6-8-22(9-7-20)27(35)36-23-12-10-21(11-13-23)25(28)29;;/h5-13,17H,1,14-16,18H2,2-4H3,(H3,28,29)(H,30,33);;1H2/b19-17+;;. The number of hydrogen-bond acceptors (Lipinski definition) is 6. The van der Waals surface area contributed by atoms with Gasteiger partial charge in [0.05, 0.1) is 5.56 Å². The smallest absolute Gasteiger partial charge is 0.343 e. The minimum absolute atomic E-state index is 0. The van der Waals surface area contributed by atoms with Gasteiger partial charge in [-0.25, -0.2) is 4.79 Å². The molecule has 2 aromatic carbocycles. The molecule has 0 bridgehead atoms. The number of nitrogen functional groups attached to an aromatic ring is 1. The average molecular weight is 737 g/mol. The first-order valence-electron chi connectivity index (χ1n) is 11.4. The van der Waals surface area contributed by atoms with Crippen molar-refractivity contribution in [2.45, 2.75) is 6.92 Å². The Bertz CT molecular complexity index is 1130. The minimum Gasteiger partial charge on any atom is -0.423 e. The molecular formula is C27H35AcN5O5. The van der Waals surface area contributed by atoms with E-state index in [1.165, 1.54) is 4.90 Å². The normalized spacial score (nSPS) is 10.5. The van der Waals surface area contributed by atoms with Gasteiger partial charge in [0.25, 0.3) is 0 Å². The Balaban J connectivity index is 0.00000684. The fourth-order valence-electron chi connectivity index (χ4n) is 3.17. The molecule has 0 spiro atoms. The van der Waals surface area contributed by atoms with Crippen LogP contribution in [0.2, 0.25) is 0 Å². The average Bonchev–Trinajstić information content (AvgIpc) is 2.83. The number of benzene rings is 2. The molecule has 0 saturated carbocycles. The van der Waals surface area contributed by atoms with Gasteiger partial charge in [0.2, 0.25) is 11.8 Å². The number of likely N-dealkylation sites (N-methyl/N-ethyl adjacent to an activating group) is 1. The summed E-state index contributed by atoms with van der Waals surface area (Å²) >= 11 is 0. The third-order valence-electron chi connectivity index (χ3n) is 5.10. The van der Waals surface area contributed by atoms with Gasteiger partial charge >= 0.3 is 5.97 Å². The Labute approximate surface area is 259 Å². The monoisotopic (exact) mass is 736 g/mol. The van der Waals surface area contributed by atoms with Crippen LogP contribution in [0.25, 0.3) is 6.08 Å². The van der Waals surface area contributed by atoms with E-state index in [4.69, 9.17) is 15.9 Å². The van der Waals surface area contributed by atoms with Gasteiger partial charge in [0.15, 0.2) is 0 Å². The van der Waals surface area contributed by atoms with E-state index in [-0.39, 0.29) is 80.3 Å². The van der Waals surface area contributed by atoms with Crippen molar-refractivity contribution in [2.75, 3.05) is 40.3 Å². The molecule has 6 N–H and O–H groups in total. The van der Waals surface area contributed by atoms with E-state index in [0.717, 1.165) is 5.56 Å². The quantitative estimate of drug-likeness (QED) is 0.0748. The van der Waals surface area contributed by atoms with Crippen molar-refractivity contribution >= 4 is 29.7 Å². The van der Waals surface area contributed by atoms with Crippen molar-refractivity contribution < 1.29 is 68.7 Å². The Morgan fingerprint density at radius 1 is 1.05 bits per heavy atom. The molecule has 0 aromatic heterocycles. The molecule has 1 radical (unpaired) electrons. The van der Waals surface area contributed by atoms with Crippen molar-refractivity contribution in [3.8, 4) is 5.75 Å². The number of carbonyl (C=O) groups excluding carboxylic acids is 3. The third-order valence-corrected chi connectivity index (χ3v) is 5.10. The Morgan fingerprint density at radius 2 is 1.63 bits per heavy atom. The molecule has 0 fully saturated rings. The van der Waals surface area contributed by atoms with Crippen LogP contribution in [0.3, 0.4) is 0 Å². The first-order valence-corrected chi connectivity index (χ1v) is 11.4. The predicted molar refractivity (Wildman–Crippen MR) is 144 cm³/mol. The molecule has 2 amide bonds. The molecule has 2 aromatic rings. The molecule has 2 rings (SSSR count). The van der Waals surface area contributed by atoms with Crippen LogP contribution in [0.15, 0.2) is 66.8 Å². The molecular weight excluding hydrogens is 701 g/mol. The van der Waals surface area contributed by atoms with Crippen LogP contribution < -0.4 is 15.8 Å². The number of nitrogens with zero attached hydrogens (tertiary/aromatic N) is 2. The third kappa shape index (κ3) is 11.7. The van der Waals surface area contributed by atoms with E-state index < -0.39 is 5.97 Å². The number of ether oxygens (including phenoxy) is 1. The fraction of sp³-hybridized carbons (Fsp3) is 0.259. The number of amidine groups is 1. The number of nitrogens with two attached hydrogens (primary N) is 1. The molecule has 0 saturated heterocycles. The van der Waals surface area contributed by atoms with Crippen LogP contribution in [0.4, 0.5) is 0 Å². The van der Waals surface area contributed by atoms with Crippen LogP contribution in [0, 0.1) is 49.5 Å². The molecule has 11 heteroatoms. The van der Waals surface area contributed by atoms with Gasteiger partial charge < -0.3 is 31.1 Å². The van der Waals surface area contributed by atoms with Crippen LogP contribution in [0.1, 0.15) is 28.4 Å². The maximum atomic E-state index is 12.9. The molecule has 0 heterocycles. The van der Waals surface area contributed by atoms with Crippen molar-refractivity contribution in [3.63, 3.8) is 0 Å². The molecule has 38 heavy (non-hydrogen) atoms. The van der Waals surface area contributed by atoms with Gasteiger partial charge in [-0.05, 0) is 69.1 Å². The van der Waals surface area contributed by atoms with Crippen LogP contribution in [-0.2, 0) is 9.59 Å². The maximum absolute atomic E-state index is 12.9. The van der Waals surface area contributed by atoms with Gasteiger partial charge in [-0.2, -0.15) is 0 Å². The van der Waals surface area contributed by atoms with E-state index >= 15 is 0 Å². The second-order valence-electron chi connectivity index (χ2n) is 8.40. The molecule has 10 nitrogen and oxygen atoms in total. The van der Waals surface area contributed by atoms with Crippen LogP contribution >= 0.6 is 0 Å². The second-order valence-corrected chi connectivity index (χ2v) is 8.40. The number of rotatable bonds is 12. The minimum atomic E-state index is -0.536. The first kappa shape index (κ1) is 35.2. The van der Waals surface area contributed by atoms with E-state index in [1.54, 1.807) is 67.6 Å². The Kier molecular flexibility index (Phi) is 16.3. The first-order chi connectivity index (χ1) is 17.1. The molecule has 0 atom stereocenters. The van der Waals surface area contributed by atoms with E-state index in [2.05, 4.69) is 11.9 Å². The number of carbonyl (C=O) groups is 3.